The van der Waals surface area contributed by atoms with Crippen molar-refractivity contribution in [3.05, 3.63) is 57.2 Å². The Kier molecular flexibility index (Phi) is 6.14. The number of hydrogen-bond donors (Lipinski definition) is 2. The summed E-state index contributed by atoms with van der Waals surface area (Å²) >= 11 is 1.76. The van der Waals surface area contributed by atoms with Crippen LogP contribution in [0, 0.1) is 3.57 Å². The summed E-state index contributed by atoms with van der Waals surface area (Å²) in [6.07, 6.45) is -8.55. The summed E-state index contributed by atoms with van der Waals surface area (Å²) in [7, 11) is 0. The highest BCUT2D eigenvalue weighted by atomic mass is 127. The van der Waals surface area contributed by atoms with Gasteiger partial charge in [0.2, 0.25) is 0 Å². The molecule has 0 saturated heterocycles. The molecule has 0 amide bonds. The van der Waals surface area contributed by atoms with Crippen molar-refractivity contribution < 1.29 is 26.3 Å². The Labute approximate surface area is 141 Å². The Balaban J connectivity index is 0.000000231. The van der Waals surface area contributed by atoms with E-state index >= 15 is 0 Å². The quantitative estimate of drug-likeness (QED) is 0.332. The maximum Gasteiger partial charge on any atom is 0.416 e. The molecular weight excluding hydrogens is 437 g/mol. The molecule has 2 rings (SSSR count). The van der Waals surface area contributed by atoms with Gasteiger partial charge in [-0.2, -0.15) is 26.3 Å². The fraction of sp³-hybridized carbons (Fsp3) is 0.143. The number of nitrogens with two attached hydrogens (primary N) is 2. The molecule has 0 saturated carbocycles. The lowest BCUT2D eigenvalue weighted by molar-refractivity contribution is -0.138. The molecule has 0 spiro atoms. The molecule has 0 atom stereocenters. The molecule has 0 aliphatic carbocycles. The zero-order chi connectivity index (χ0) is 17.8. The minimum Gasteiger partial charge on any atom is -0.399 e. The molecule has 9 heteroatoms. The van der Waals surface area contributed by atoms with Crippen LogP contribution < -0.4 is 11.5 Å². The highest BCUT2D eigenvalue weighted by molar-refractivity contribution is 14.1. The standard InChI is InChI=1S/C7H5F3IN.C7H6F3N/c8-7(9,10)4-1-2-6(12)5(11)3-4;8-7(9,10)5-1-3-6(11)4-2-5/h1-3H,12H2;1-4H,11H2. The number of rotatable bonds is 0. The van der Waals surface area contributed by atoms with Crippen LogP contribution in [-0.4, -0.2) is 0 Å². The molecule has 4 N–H and O–H groups in total. The predicted octanol–water partition coefficient (Wildman–Crippen LogP) is 5.18. The van der Waals surface area contributed by atoms with E-state index in [0.29, 0.717) is 14.9 Å². The minimum atomic E-state index is -4.28. The number of hydrogen-bond acceptors (Lipinski definition) is 2. The van der Waals surface area contributed by atoms with Gasteiger partial charge in [0, 0.05) is 14.9 Å². The van der Waals surface area contributed by atoms with E-state index in [2.05, 4.69) is 0 Å². The molecule has 126 valence electrons. The highest BCUT2D eigenvalue weighted by Gasteiger charge is 2.30. The predicted molar refractivity (Wildman–Crippen MR) is 84.4 cm³/mol. The van der Waals surface area contributed by atoms with E-state index in [0.717, 1.165) is 24.3 Å². The van der Waals surface area contributed by atoms with Gasteiger partial charge in [-0.15, -0.1) is 0 Å². The second kappa shape index (κ2) is 7.28. The van der Waals surface area contributed by atoms with Gasteiger partial charge >= 0.3 is 12.4 Å². The van der Waals surface area contributed by atoms with Crippen LogP contribution in [0.2, 0.25) is 0 Å². The van der Waals surface area contributed by atoms with E-state index in [1.165, 1.54) is 18.2 Å². The summed E-state index contributed by atoms with van der Waals surface area (Å²) in [4.78, 5) is 0. The molecule has 0 unspecified atom stereocenters. The summed E-state index contributed by atoms with van der Waals surface area (Å²) < 4.78 is 72.2. The van der Waals surface area contributed by atoms with Crippen molar-refractivity contribution in [2.75, 3.05) is 11.5 Å². The van der Waals surface area contributed by atoms with Gasteiger partial charge in [-0.1, -0.05) is 0 Å². The van der Waals surface area contributed by atoms with Crippen molar-refractivity contribution in [2.45, 2.75) is 12.4 Å². The number of alkyl halides is 6. The molecule has 0 aromatic heterocycles. The van der Waals surface area contributed by atoms with E-state index < -0.39 is 23.5 Å². The van der Waals surface area contributed by atoms with Gasteiger partial charge in [-0.25, -0.2) is 0 Å². The Morgan fingerprint density at radius 1 is 0.696 bits per heavy atom. The third-order valence-corrected chi connectivity index (χ3v) is 3.50. The van der Waals surface area contributed by atoms with Crippen LogP contribution in [-0.2, 0) is 12.4 Å². The van der Waals surface area contributed by atoms with Crippen LogP contribution >= 0.6 is 22.6 Å². The van der Waals surface area contributed by atoms with E-state index in [9.17, 15) is 26.3 Å². The van der Waals surface area contributed by atoms with Crippen LogP contribution in [0.4, 0.5) is 37.7 Å². The Morgan fingerprint density at radius 2 is 1.13 bits per heavy atom. The minimum absolute atomic E-state index is 0.331. The lowest BCUT2D eigenvalue weighted by atomic mass is 10.2. The highest BCUT2D eigenvalue weighted by Crippen LogP contribution is 2.31. The molecule has 0 bridgehead atoms. The molecule has 2 aromatic carbocycles. The van der Waals surface area contributed by atoms with Crippen LogP contribution in [0.5, 0.6) is 0 Å². The zero-order valence-corrected chi connectivity index (χ0v) is 13.5. The number of nitrogen functional groups attached to an aromatic ring is 2. The molecule has 2 aromatic rings. The topological polar surface area (TPSA) is 52.0 Å². The Morgan fingerprint density at radius 3 is 1.52 bits per heavy atom. The van der Waals surface area contributed by atoms with Crippen molar-refractivity contribution in [3.63, 3.8) is 0 Å². The van der Waals surface area contributed by atoms with Gasteiger partial charge in [-0.05, 0) is 65.1 Å². The number of benzene rings is 2. The maximum atomic E-state index is 12.1. The van der Waals surface area contributed by atoms with Crippen molar-refractivity contribution in [2.24, 2.45) is 0 Å². The van der Waals surface area contributed by atoms with Crippen LogP contribution in [0.15, 0.2) is 42.5 Å². The summed E-state index contributed by atoms with van der Waals surface area (Å²) in [5.41, 5.74) is 9.92. The number of halogens is 7. The van der Waals surface area contributed by atoms with Crippen molar-refractivity contribution in [1.82, 2.24) is 0 Å². The third-order valence-electron chi connectivity index (χ3n) is 2.57. The van der Waals surface area contributed by atoms with Gasteiger partial charge in [0.1, 0.15) is 0 Å². The maximum absolute atomic E-state index is 12.1. The van der Waals surface area contributed by atoms with Gasteiger partial charge in [0.15, 0.2) is 0 Å². The van der Waals surface area contributed by atoms with Gasteiger partial charge in [0.25, 0.3) is 0 Å². The number of anilines is 2. The second-order valence-corrected chi connectivity index (χ2v) is 5.52. The first-order valence-electron chi connectivity index (χ1n) is 5.96. The molecule has 0 fully saturated rings. The summed E-state index contributed by atoms with van der Waals surface area (Å²) in [5, 5.41) is 0. The van der Waals surface area contributed by atoms with Crippen molar-refractivity contribution in [3.8, 4) is 0 Å². The lowest BCUT2D eigenvalue weighted by Gasteiger charge is -2.07. The zero-order valence-electron chi connectivity index (χ0n) is 11.3. The first-order chi connectivity index (χ1) is 10.4. The Bertz CT molecular complexity index is 650. The van der Waals surface area contributed by atoms with Crippen LogP contribution in [0.25, 0.3) is 0 Å². The molecule has 2 nitrogen and oxygen atoms in total. The van der Waals surface area contributed by atoms with E-state index in [1.807, 2.05) is 0 Å². The Hall–Kier alpha value is -1.65. The molecule has 0 heterocycles. The average Bonchev–Trinajstić information content (AvgIpc) is 2.41. The summed E-state index contributed by atoms with van der Waals surface area (Å²) in [6, 6.07) is 7.61. The normalized spacial score (nSPS) is 11.6. The third kappa shape index (κ3) is 6.16. The molecular formula is C14H11F6IN2. The molecule has 0 aliphatic heterocycles. The second-order valence-electron chi connectivity index (χ2n) is 4.35. The molecule has 0 aliphatic rings. The fourth-order valence-electron chi connectivity index (χ4n) is 1.38. The fourth-order valence-corrected chi connectivity index (χ4v) is 1.89. The first-order valence-corrected chi connectivity index (χ1v) is 7.04. The van der Waals surface area contributed by atoms with Gasteiger partial charge in [-0.3, -0.25) is 0 Å². The van der Waals surface area contributed by atoms with Gasteiger partial charge in [0.05, 0.1) is 11.1 Å². The summed E-state index contributed by atoms with van der Waals surface area (Å²) in [5.74, 6) is 0. The summed E-state index contributed by atoms with van der Waals surface area (Å²) in [6.45, 7) is 0. The molecule has 0 radical (unpaired) electrons. The van der Waals surface area contributed by atoms with Crippen molar-refractivity contribution in [1.29, 1.82) is 0 Å². The SMILES string of the molecule is Nc1ccc(C(F)(F)F)cc1.Nc1ccc(C(F)(F)F)cc1I. The van der Waals surface area contributed by atoms with Crippen molar-refractivity contribution >= 4 is 34.0 Å². The molecule has 23 heavy (non-hydrogen) atoms. The lowest BCUT2D eigenvalue weighted by Crippen LogP contribution is -2.05. The first kappa shape index (κ1) is 19.4. The van der Waals surface area contributed by atoms with Crippen LogP contribution in [0.3, 0.4) is 0 Å². The van der Waals surface area contributed by atoms with E-state index in [1.54, 1.807) is 22.6 Å². The van der Waals surface area contributed by atoms with E-state index in [4.69, 9.17) is 11.5 Å². The largest absolute Gasteiger partial charge is 0.416 e. The smallest absolute Gasteiger partial charge is 0.399 e. The monoisotopic (exact) mass is 448 g/mol. The van der Waals surface area contributed by atoms with Gasteiger partial charge < -0.3 is 11.5 Å². The van der Waals surface area contributed by atoms with Crippen LogP contribution in [0.1, 0.15) is 11.1 Å². The van der Waals surface area contributed by atoms with E-state index in [-0.39, 0.29) is 0 Å². The average molecular weight is 448 g/mol.